The molecule has 0 fully saturated rings. The molecule has 1 heterocycles. The molecule has 0 spiro atoms. The summed E-state index contributed by atoms with van der Waals surface area (Å²) in [6.45, 7) is 0.243. The van der Waals surface area contributed by atoms with Crippen LogP contribution in [-0.2, 0) is 17.9 Å². The van der Waals surface area contributed by atoms with Gasteiger partial charge in [0, 0.05) is 0 Å². The van der Waals surface area contributed by atoms with Gasteiger partial charge in [-0.2, -0.15) is 0 Å². The second kappa shape index (κ2) is 8.48. The summed E-state index contributed by atoms with van der Waals surface area (Å²) in [5.41, 5.74) is 1.64. The number of esters is 1. The first-order valence-corrected chi connectivity index (χ1v) is 9.20. The first-order valence-electron chi connectivity index (χ1n) is 9.20. The van der Waals surface area contributed by atoms with E-state index in [1.54, 1.807) is 18.2 Å². The Morgan fingerprint density at radius 2 is 1.59 bits per heavy atom. The number of carbonyl (C=O) groups excluding carboxylic acids is 1. The number of methoxy groups -OCH3 is 1. The van der Waals surface area contributed by atoms with Gasteiger partial charge in [0.2, 0.25) is 0 Å². The average Bonchev–Trinajstić information content (AvgIpc) is 3.10. The lowest BCUT2D eigenvalue weighted by Crippen LogP contribution is -2.19. The Bertz CT molecular complexity index is 1120. The summed E-state index contributed by atoms with van der Waals surface area (Å²) in [7, 11) is 1.54. The van der Waals surface area contributed by atoms with E-state index in [-0.39, 0.29) is 13.2 Å². The van der Waals surface area contributed by atoms with Crippen molar-refractivity contribution in [3.8, 4) is 17.2 Å². The number of ether oxygens (including phenoxy) is 3. The predicted molar refractivity (Wildman–Crippen MR) is 109 cm³/mol. The van der Waals surface area contributed by atoms with E-state index < -0.39 is 5.97 Å². The molecule has 0 N–H and O–H groups in total. The molecule has 0 saturated carbocycles. The van der Waals surface area contributed by atoms with Crippen LogP contribution in [0.4, 0.5) is 0 Å². The third kappa shape index (κ3) is 4.21. The van der Waals surface area contributed by atoms with Crippen molar-refractivity contribution in [3.05, 3.63) is 84.7 Å². The topological polar surface area (TPSA) is 62.6 Å². The number of imidazole rings is 1. The van der Waals surface area contributed by atoms with Crippen molar-refractivity contribution in [2.24, 2.45) is 0 Å². The first kappa shape index (κ1) is 18.6. The van der Waals surface area contributed by atoms with Crippen molar-refractivity contribution in [1.82, 2.24) is 9.55 Å². The van der Waals surface area contributed by atoms with Crippen LogP contribution < -0.4 is 14.2 Å². The normalized spacial score (nSPS) is 10.7. The van der Waals surface area contributed by atoms with Gasteiger partial charge in [0.25, 0.3) is 0 Å². The molecule has 29 heavy (non-hydrogen) atoms. The quantitative estimate of drug-likeness (QED) is 0.350. The highest BCUT2D eigenvalue weighted by Gasteiger charge is 2.16. The van der Waals surface area contributed by atoms with Gasteiger partial charge in [0.15, 0.2) is 11.5 Å². The Labute approximate surface area is 168 Å². The van der Waals surface area contributed by atoms with Crippen LogP contribution in [0.1, 0.15) is 5.82 Å². The van der Waals surface area contributed by atoms with Crippen molar-refractivity contribution in [1.29, 1.82) is 0 Å². The molecular weight excluding hydrogens is 368 g/mol. The highest BCUT2D eigenvalue weighted by Crippen LogP contribution is 2.26. The minimum absolute atomic E-state index is 0.00600. The molecular formula is C23H20N2O4. The van der Waals surface area contributed by atoms with E-state index in [1.807, 2.05) is 65.2 Å². The highest BCUT2D eigenvalue weighted by molar-refractivity contribution is 5.80. The Hall–Kier alpha value is -3.80. The zero-order valence-electron chi connectivity index (χ0n) is 15.9. The van der Waals surface area contributed by atoms with Gasteiger partial charge in [-0.25, -0.2) is 9.78 Å². The number of carbonyl (C=O) groups is 1. The Kier molecular flexibility index (Phi) is 5.42. The van der Waals surface area contributed by atoms with Gasteiger partial charge in [0.1, 0.15) is 24.7 Å². The van der Waals surface area contributed by atoms with Crippen molar-refractivity contribution >= 4 is 17.0 Å². The summed E-state index contributed by atoms with van der Waals surface area (Å²) in [6.07, 6.45) is 0. The largest absolute Gasteiger partial charge is 0.493 e. The van der Waals surface area contributed by atoms with Crippen LogP contribution in [0, 0.1) is 0 Å². The molecule has 0 amide bonds. The van der Waals surface area contributed by atoms with Gasteiger partial charge in [0.05, 0.1) is 18.1 Å². The fraction of sp³-hybridized carbons (Fsp3) is 0.130. The Morgan fingerprint density at radius 3 is 2.38 bits per heavy atom. The summed E-state index contributed by atoms with van der Waals surface area (Å²) in [6, 6.07) is 24.2. The summed E-state index contributed by atoms with van der Waals surface area (Å²) in [5, 5.41) is 0. The van der Waals surface area contributed by atoms with Crippen molar-refractivity contribution in [2.45, 2.75) is 13.2 Å². The molecule has 3 aromatic carbocycles. The SMILES string of the molecule is COc1ccccc1OC(=O)Cn1c(COc2ccccc2)nc2ccccc21. The Morgan fingerprint density at radius 1 is 0.897 bits per heavy atom. The second-order valence-electron chi connectivity index (χ2n) is 6.33. The first-order chi connectivity index (χ1) is 14.2. The van der Waals surface area contributed by atoms with E-state index >= 15 is 0 Å². The minimum Gasteiger partial charge on any atom is -0.493 e. The van der Waals surface area contributed by atoms with Gasteiger partial charge in [-0.1, -0.05) is 42.5 Å². The van der Waals surface area contributed by atoms with Crippen LogP contribution in [0.3, 0.4) is 0 Å². The third-order valence-electron chi connectivity index (χ3n) is 4.42. The third-order valence-corrected chi connectivity index (χ3v) is 4.42. The van der Waals surface area contributed by atoms with E-state index in [0.717, 1.165) is 16.8 Å². The molecule has 4 rings (SSSR count). The van der Waals surface area contributed by atoms with Gasteiger partial charge in [-0.3, -0.25) is 0 Å². The summed E-state index contributed by atoms with van der Waals surface area (Å²) in [5.74, 6) is 1.85. The zero-order valence-corrected chi connectivity index (χ0v) is 15.9. The number of rotatable bonds is 7. The van der Waals surface area contributed by atoms with E-state index in [1.165, 1.54) is 7.11 Å². The monoisotopic (exact) mass is 388 g/mol. The standard InChI is InChI=1S/C23H20N2O4/c1-27-20-13-7-8-14-21(20)29-23(26)15-25-19-12-6-5-11-18(19)24-22(25)16-28-17-9-3-2-4-10-17/h2-14H,15-16H2,1H3. The number of nitrogens with zero attached hydrogens (tertiary/aromatic N) is 2. The average molecular weight is 388 g/mol. The van der Waals surface area contributed by atoms with Gasteiger partial charge >= 0.3 is 5.97 Å². The molecule has 1 aromatic heterocycles. The summed E-state index contributed by atoms with van der Waals surface area (Å²) in [4.78, 5) is 17.3. The lowest BCUT2D eigenvalue weighted by atomic mass is 10.3. The fourth-order valence-electron chi connectivity index (χ4n) is 3.06. The van der Waals surface area contributed by atoms with Gasteiger partial charge < -0.3 is 18.8 Å². The van der Waals surface area contributed by atoms with Crippen LogP contribution >= 0.6 is 0 Å². The summed E-state index contributed by atoms with van der Waals surface area (Å²) >= 11 is 0. The molecule has 0 radical (unpaired) electrons. The molecule has 6 nitrogen and oxygen atoms in total. The number of hydrogen-bond acceptors (Lipinski definition) is 5. The van der Waals surface area contributed by atoms with Crippen LogP contribution in [0.15, 0.2) is 78.9 Å². The number of fused-ring (bicyclic) bond motifs is 1. The van der Waals surface area contributed by atoms with E-state index in [4.69, 9.17) is 14.2 Å². The highest BCUT2D eigenvalue weighted by atomic mass is 16.6. The van der Waals surface area contributed by atoms with Crippen LogP contribution in [0.25, 0.3) is 11.0 Å². The number of hydrogen-bond donors (Lipinski definition) is 0. The molecule has 6 heteroatoms. The predicted octanol–water partition coefficient (Wildman–Crippen LogP) is 4.23. The Balaban J connectivity index is 1.57. The van der Waals surface area contributed by atoms with Crippen LogP contribution in [-0.4, -0.2) is 22.6 Å². The lowest BCUT2D eigenvalue weighted by Gasteiger charge is -2.12. The maximum absolute atomic E-state index is 12.7. The zero-order chi connectivity index (χ0) is 20.1. The number of aromatic nitrogens is 2. The molecule has 0 bridgehead atoms. The molecule has 4 aromatic rings. The smallest absolute Gasteiger partial charge is 0.331 e. The summed E-state index contributed by atoms with van der Waals surface area (Å²) < 4.78 is 18.4. The molecule has 146 valence electrons. The maximum Gasteiger partial charge on any atom is 0.331 e. The molecule has 0 atom stereocenters. The number of para-hydroxylation sites is 5. The molecule has 0 aliphatic carbocycles. The second-order valence-corrected chi connectivity index (χ2v) is 6.33. The number of benzene rings is 3. The molecule has 0 unspecified atom stereocenters. The maximum atomic E-state index is 12.7. The van der Waals surface area contributed by atoms with Gasteiger partial charge in [-0.15, -0.1) is 0 Å². The molecule has 0 saturated heterocycles. The van der Waals surface area contributed by atoms with Gasteiger partial charge in [-0.05, 0) is 36.4 Å². The fourth-order valence-corrected chi connectivity index (χ4v) is 3.06. The van der Waals surface area contributed by atoms with Crippen molar-refractivity contribution in [2.75, 3.05) is 7.11 Å². The van der Waals surface area contributed by atoms with Crippen LogP contribution in [0.5, 0.6) is 17.2 Å². The van der Waals surface area contributed by atoms with Crippen molar-refractivity contribution < 1.29 is 19.0 Å². The van der Waals surface area contributed by atoms with Crippen LogP contribution in [0.2, 0.25) is 0 Å². The minimum atomic E-state index is -0.418. The molecule has 0 aliphatic rings. The van der Waals surface area contributed by atoms with E-state index in [9.17, 15) is 4.79 Å². The molecule has 0 aliphatic heterocycles. The van der Waals surface area contributed by atoms with E-state index in [2.05, 4.69) is 4.98 Å². The van der Waals surface area contributed by atoms with E-state index in [0.29, 0.717) is 17.3 Å². The lowest BCUT2D eigenvalue weighted by molar-refractivity contribution is -0.135. The van der Waals surface area contributed by atoms with Crippen molar-refractivity contribution in [3.63, 3.8) is 0 Å².